The van der Waals surface area contributed by atoms with Crippen molar-refractivity contribution in [2.24, 2.45) is 11.5 Å². The highest BCUT2D eigenvalue weighted by Gasteiger charge is 2.46. The standard InChI is InChI=1S/C84H117N19O23S/c1-7-9-20-64-77(119)96-62(42-106)76(118)98-63(72(114)89-38-68(86)109)43-127-44-69(110)90-58(32-46-23-25-49(107)26-24-46)80(122)99(4)45(3)71(113)91-56(29-30-85)82(124)102-31-15-22-65(102)78(120)97-61(41-105)74(116)92-55(27-28-70(111)112)83(125)103-39-50(108)35-67(103)79(121)93-57(33-47-36-87-53-18-13-11-16-51(47)53)73(115)95-60(40-104)75(117)94-59(34-48-37-88-54-19-14-12-17-52(48)54)81(123)101(6)66(21-10-8-2)84(126)100(64)5/h11-14,16-19,23-26,36-37,45,50,55-67,87-88,104-108H,7-10,15,20-22,27-35,38-44,85H2,1-6H3,(H2,86,109)(H,89,114)(H,90,110)(H,91,113)(H,92,116)(H,93,121)(H,94,117)(H,95,115)(H,96,119)(H,97,120)(H,98,118)(H,111,112)/t45-,50+,55-,56-,57-,58-,59-,60-,61-,62-,63-,64-,65-,66-,67-/m0/s1. The molecule has 0 aliphatic carbocycles. The molecule has 2 aromatic heterocycles. The van der Waals surface area contributed by atoms with Gasteiger partial charge < -0.3 is 130 Å². The van der Waals surface area contributed by atoms with E-state index in [0.29, 0.717) is 64.2 Å². The number of phenols is 1. The number of aromatic nitrogens is 2. The molecule has 0 bridgehead atoms. The molecule has 0 saturated carbocycles. The number of para-hydroxylation sites is 2. The Labute approximate surface area is 736 Å². The molecular formula is C84H117N19O23S. The van der Waals surface area contributed by atoms with E-state index in [9.17, 15) is 88.2 Å². The number of primary amides is 1. The van der Waals surface area contributed by atoms with Crippen LogP contribution >= 0.6 is 11.8 Å². The average molecular weight is 1790 g/mol. The molecule has 43 heteroatoms. The number of carboxylic acid groups (broad SMARTS) is 1. The van der Waals surface area contributed by atoms with E-state index < -0.39 is 255 Å². The molecule has 0 radical (unpaired) electrons. The maximum absolute atomic E-state index is 15.6. The molecule has 3 fully saturated rings. The number of nitrogens with zero attached hydrogens (tertiary/aromatic N) is 5. The number of aliphatic hydroxyl groups is 4. The number of carbonyl (C=O) groups excluding carboxylic acids is 16. The number of rotatable bonds is 23. The van der Waals surface area contributed by atoms with E-state index >= 15 is 24.0 Å². The molecule has 16 amide bonds. The summed E-state index contributed by atoms with van der Waals surface area (Å²) >= 11 is 0.733. The zero-order valence-electron chi connectivity index (χ0n) is 71.6. The van der Waals surface area contributed by atoms with Gasteiger partial charge in [0.25, 0.3) is 0 Å². The van der Waals surface area contributed by atoms with E-state index in [0.717, 1.165) is 36.3 Å². The number of aromatic amines is 2. The molecule has 0 unspecified atom stereocenters. The number of H-pyrrole nitrogens is 2. The van der Waals surface area contributed by atoms with Crippen LogP contribution in [0.1, 0.15) is 115 Å². The lowest BCUT2D eigenvalue weighted by Crippen LogP contribution is -2.62. The SMILES string of the molecule is CCCC[C@H]1C(=O)N(C)[C@@H](CCCC)C(=O)N[C@@H](CO)C(=O)N[C@H](C(=O)NCC(N)=O)CSCC(=O)N[C@@H](Cc2ccc(O)cc2)C(=O)N(C)[C@@H](C)C(=O)N[C@@H](CCN)C(=O)N2CCC[C@H]2C(=O)N[C@@H](CO)C(=O)N[C@@H](CCC(=O)O)C(=O)N2C[C@H](O)C[C@H]2C(=O)N[C@@H](Cc2c[nH]c3ccccc23)C(=O)N[C@@H](CO)C(=O)N[C@@H](Cc2c[nH]c3ccccc23)C(=O)N1C. The van der Waals surface area contributed by atoms with Gasteiger partial charge >= 0.3 is 5.97 Å². The maximum Gasteiger partial charge on any atom is 0.303 e. The number of nitrogens with two attached hydrogens (primary N) is 2. The summed E-state index contributed by atoms with van der Waals surface area (Å²) in [5.41, 5.74) is 13.9. The highest BCUT2D eigenvalue weighted by atomic mass is 32.2. The fourth-order valence-electron chi connectivity index (χ4n) is 15.4. The third-order valence-corrected chi connectivity index (χ3v) is 23.7. The summed E-state index contributed by atoms with van der Waals surface area (Å²) in [6.45, 7) is -0.136. The van der Waals surface area contributed by atoms with Crippen molar-refractivity contribution in [2.45, 2.75) is 208 Å². The van der Waals surface area contributed by atoms with Crippen molar-refractivity contribution in [1.29, 1.82) is 0 Å². The Morgan fingerprint density at radius 1 is 0.520 bits per heavy atom. The number of aromatic hydroxyl groups is 1. The molecule has 692 valence electrons. The number of aliphatic hydroxyl groups excluding tert-OH is 4. The predicted molar refractivity (Wildman–Crippen MR) is 460 cm³/mol. The van der Waals surface area contributed by atoms with Gasteiger partial charge in [-0.15, -0.1) is 11.8 Å². The summed E-state index contributed by atoms with van der Waals surface area (Å²) in [7, 11) is 3.83. The number of hydrogen-bond donors (Lipinski definition) is 20. The summed E-state index contributed by atoms with van der Waals surface area (Å²) in [6, 6.07) is -3.51. The highest BCUT2D eigenvalue weighted by Crippen LogP contribution is 2.27. The summed E-state index contributed by atoms with van der Waals surface area (Å²) in [5, 5.41) is 90.2. The van der Waals surface area contributed by atoms with Crippen molar-refractivity contribution >= 4 is 134 Å². The molecule has 5 aromatic rings. The third kappa shape index (κ3) is 27.1. The van der Waals surface area contributed by atoms with Crippen LogP contribution < -0.4 is 64.6 Å². The molecule has 3 aliphatic rings. The Hall–Kier alpha value is -12.3. The number of benzene rings is 3. The van der Waals surface area contributed by atoms with E-state index in [1.807, 2.05) is 6.92 Å². The predicted octanol–water partition coefficient (Wildman–Crippen LogP) is -4.88. The Morgan fingerprint density at radius 2 is 1.00 bits per heavy atom. The lowest BCUT2D eigenvalue weighted by Gasteiger charge is -2.36. The quantitative estimate of drug-likeness (QED) is 0.0292. The number of carboxylic acids is 1. The van der Waals surface area contributed by atoms with Gasteiger partial charge in [-0.25, -0.2) is 0 Å². The summed E-state index contributed by atoms with van der Waals surface area (Å²) < 4.78 is 0. The molecule has 8 rings (SSSR count). The van der Waals surface area contributed by atoms with Crippen LogP contribution in [0, 0.1) is 0 Å². The van der Waals surface area contributed by atoms with Gasteiger partial charge in [0.15, 0.2) is 0 Å². The van der Waals surface area contributed by atoms with Crippen LogP contribution in [0.3, 0.4) is 0 Å². The van der Waals surface area contributed by atoms with E-state index in [1.54, 1.807) is 67.8 Å². The number of carbonyl (C=O) groups is 17. The Balaban J connectivity index is 1.16. The van der Waals surface area contributed by atoms with E-state index in [4.69, 9.17) is 11.5 Å². The van der Waals surface area contributed by atoms with E-state index in [2.05, 4.69) is 63.1 Å². The van der Waals surface area contributed by atoms with Gasteiger partial charge in [-0.3, -0.25) is 81.5 Å². The van der Waals surface area contributed by atoms with Crippen molar-refractivity contribution in [1.82, 2.24) is 87.6 Å². The molecule has 22 N–H and O–H groups in total. The first-order valence-corrected chi connectivity index (χ1v) is 43.3. The lowest BCUT2D eigenvalue weighted by atomic mass is 10.00. The monoisotopic (exact) mass is 1790 g/mol. The summed E-state index contributed by atoms with van der Waals surface area (Å²) in [5.74, 6) is -18.7. The lowest BCUT2D eigenvalue weighted by molar-refractivity contribution is -0.149. The van der Waals surface area contributed by atoms with E-state index in [-0.39, 0.29) is 70.2 Å². The summed E-state index contributed by atoms with van der Waals surface area (Å²) in [4.78, 5) is 256. The third-order valence-electron chi connectivity index (χ3n) is 22.7. The van der Waals surface area contributed by atoms with Crippen LogP contribution in [0.5, 0.6) is 5.75 Å². The molecule has 3 aromatic carbocycles. The number of thioether (sulfide) groups is 1. The van der Waals surface area contributed by atoms with Crippen LogP contribution in [-0.4, -0.2) is 335 Å². The average Bonchev–Trinajstić information content (AvgIpc) is 1.71. The van der Waals surface area contributed by atoms with Crippen molar-refractivity contribution in [3.8, 4) is 5.75 Å². The minimum Gasteiger partial charge on any atom is -0.508 e. The number of fused-ring (bicyclic) bond motifs is 4. The fraction of sp³-hybridized carbons (Fsp3) is 0.536. The molecular weight excluding hydrogens is 1680 g/mol. The van der Waals surface area contributed by atoms with Crippen LogP contribution in [0.2, 0.25) is 0 Å². The van der Waals surface area contributed by atoms with Crippen LogP contribution in [0.25, 0.3) is 21.8 Å². The summed E-state index contributed by atoms with van der Waals surface area (Å²) in [6.07, 6.45) is 0.147. The number of aliphatic carboxylic acids is 1. The number of unbranched alkanes of at least 4 members (excludes halogenated alkanes) is 2. The first-order chi connectivity index (χ1) is 60.6. The van der Waals surface area contributed by atoms with Crippen molar-refractivity contribution < 1.29 is 112 Å². The number of hydrogen-bond acceptors (Lipinski definition) is 24. The number of nitrogens with one attached hydrogen (secondary N) is 12. The van der Waals surface area contributed by atoms with Crippen LogP contribution in [0.4, 0.5) is 0 Å². The van der Waals surface area contributed by atoms with Gasteiger partial charge in [-0.1, -0.05) is 88.1 Å². The van der Waals surface area contributed by atoms with Crippen LogP contribution in [0.15, 0.2) is 85.2 Å². The zero-order chi connectivity index (χ0) is 93.0. The first-order valence-electron chi connectivity index (χ1n) is 42.1. The second-order valence-corrected chi connectivity index (χ2v) is 32.8. The number of phenolic OH excluding ortho intramolecular Hbond substituents is 1. The molecule has 42 nitrogen and oxygen atoms in total. The molecule has 127 heavy (non-hydrogen) atoms. The van der Waals surface area contributed by atoms with Gasteiger partial charge in [-0.2, -0.15) is 0 Å². The molecule has 5 heterocycles. The van der Waals surface area contributed by atoms with Gasteiger partial charge in [-0.05, 0) is 92.9 Å². The van der Waals surface area contributed by atoms with Gasteiger partial charge in [0.2, 0.25) is 94.5 Å². The van der Waals surface area contributed by atoms with Crippen molar-refractivity contribution in [3.05, 3.63) is 102 Å². The molecule has 15 atom stereocenters. The fourth-order valence-corrected chi connectivity index (χ4v) is 16.3. The van der Waals surface area contributed by atoms with Crippen molar-refractivity contribution in [3.63, 3.8) is 0 Å². The molecule has 0 spiro atoms. The van der Waals surface area contributed by atoms with E-state index in [1.165, 1.54) is 52.3 Å². The smallest absolute Gasteiger partial charge is 0.303 e. The van der Waals surface area contributed by atoms with Gasteiger partial charge in [0, 0.05) is 106 Å². The van der Waals surface area contributed by atoms with Gasteiger partial charge in [0.05, 0.1) is 38.2 Å². The second-order valence-electron chi connectivity index (χ2n) is 31.8. The largest absolute Gasteiger partial charge is 0.508 e. The minimum absolute atomic E-state index is 0.0332. The number of likely N-dealkylation sites (N-methyl/N-ethyl adjacent to an activating group) is 3. The Morgan fingerprint density at radius 3 is 1.57 bits per heavy atom. The Bertz CT molecular complexity index is 4760. The second kappa shape index (κ2) is 47.8. The topological polar surface area (TPSA) is 632 Å². The minimum atomic E-state index is -1.93. The molecule has 3 saturated heterocycles. The Kier molecular flexibility index (Phi) is 37.7. The van der Waals surface area contributed by atoms with Crippen LogP contribution in [-0.2, 0) is 101 Å². The zero-order valence-corrected chi connectivity index (χ0v) is 72.5. The normalized spacial score (nSPS) is 25.6. The maximum atomic E-state index is 15.6. The van der Waals surface area contributed by atoms with Crippen molar-refractivity contribution in [2.75, 3.05) is 78.6 Å². The van der Waals surface area contributed by atoms with Gasteiger partial charge in [0.1, 0.15) is 90.3 Å². The first kappa shape index (κ1) is 100. The number of amides is 16. The highest BCUT2D eigenvalue weighted by molar-refractivity contribution is 8.00. The molecule has 3 aliphatic heterocycles.